The van der Waals surface area contributed by atoms with Crippen LogP contribution < -0.4 is 0 Å². The largest absolute Gasteiger partial charge is 0.334 e. The average Bonchev–Trinajstić information content (AvgIpc) is 2.67. The fourth-order valence-corrected chi connectivity index (χ4v) is 3.59. The monoisotopic (exact) mass is 363 g/mol. The van der Waals surface area contributed by atoms with Crippen molar-refractivity contribution in [3.63, 3.8) is 0 Å². The molecule has 0 aliphatic carbocycles. The van der Waals surface area contributed by atoms with Gasteiger partial charge in [0.15, 0.2) is 0 Å². The number of hydrogen-bond donors (Lipinski definition) is 0. The first-order chi connectivity index (χ1) is 10.1. The molecule has 0 saturated carbocycles. The van der Waals surface area contributed by atoms with Gasteiger partial charge in [0.25, 0.3) is 5.91 Å². The highest BCUT2D eigenvalue weighted by Crippen LogP contribution is 2.23. The van der Waals surface area contributed by atoms with Gasteiger partial charge in [0.05, 0.1) is 0 Å². The van der Waals surface area contributed by atoms with Crippen molar-refractivity contribution in [2.75, 3.05) is 6.54 Å². The van der Waals surface area contributed by atoms with Crippen molar-refractivity contribution in [2.24, 2.45) is 0 Å². The van der Waals surface area contributed by atoms with Crippen LogP contribution in [-0.4, -0.2) is 17.4 Å². The number of benzene rings is 2. The maximum absolute atomic E-state index is 12.7. The van der Waals surface area contributed by atoms with Crippen LogP contribution in [-0.2, 0) is 13.0 Å². The van der Waals surface area contributed by atoms with Gasteiger partial charge in [0.1, 0.15) is 0 Å². The maximum Gasteiger partial charge on any atom is 0.254 e. The molecular weight excluding hydrogens is 350 g/mol. The summed E-state index contributed by atoms with van der Waals surface area (Å²) < 4.78 is 0.827. The Balaban J connectivity index is 1.88. The molecule has 0 atom stereocenters. The highest BCUT2D eigenvalue weighted by Gasteiger charge is 2.20. The van der Waals surface area contributed by atoms with Gasteiger partial charge in [-0.1, -0.05) is 51.8 Å². The molecule has 0 aromatic heterocycles. The van der Waals surface area contributed by atoms with Crippen LogP contribution in [0.25, 0.3) is 0 Å². The second-order valence-electron chi connectivity index (χ2n) is 5.26. The number of amides is 1. The number of halogens is 2. The Hall–Kier alpha value is -1.32. The van der Waals surface area contributed by atoms with E-state index in [-0.39, 0.29) is 5.91 Å². The highest BCUT2D eigenvalue weighted by molar-refractivity contribution is 9.10. The lowest BCUT2D eigenvalue weighted by atomic mass is 10.0. The predicted octanol–water partition coefficient (Wildman–Crippen LogP) is 4.69. The zero-order chi connectivity index (χ0) is 14.8. The van der Waals surface area contributed by atoms with E-state index in [9.17, 15) is 4.79 Å². The van der Waals surface area contributed by atoms with Crippen LogP contribution in [0.2, 0.25) is 5.02 Å². The lowest BCUT2D eigenvalue weighted by Crippen LogP contribution is -2.30. The molecule has 3 rings (SSSR count). The van der Waals surface area contributed by atoms with Gasteiger partial charge in [-0.15, -0.1) is 0 Å². The van der Waals surface area contributed by atoms with Gasteiger partial charge in [-0.2, -0.15) is 0 Å². The molecule has 1 aliphatic rings. The van der Waals surface area contributed by atoms with Gasteiger partial charge in [-0.05, 0) is 42.2 Å². The number of carbonyl (C=O) groups excluding carboxylic acids is 1. The van der Waals surface area contributed by atoms with E-state index < -0.39 is 0 Å². The molecule has 2 aromatic carbocycles. The molecule has 1 aliphatic heterocycles. The third-order valence-electron chi connectivity index (χ3n) is 3.75. The van der Waals surface area contributed by atoms with Crippen molar-refractivity contribution >= 4 is 33.4 Å². The van der Waals surface area contributed by atoms with E-state index in [1.807, 2.05) is 17.0 Å². The van der Waals surface area contributed by atoms with Crippen molar-refractivity contribution in [1.29, 1.82) is 0 Å². The summed E-state index contributed by atoms with van der Waals surface area (Å²) >= 11 is 9.44. The number of hydrogen-bond acceptors (Lipinski definition) is 1. The molecule has 0 spiro atoms. The molecule has 4 heteroatoms. The minimum absolute atomic E-state index is 0.0369. The summed E-state index contributed by atoms with van der Waals surface area (Å²) in [5.74, 6) is 0.0369. The number of aryl methyl sites for hydroxylation is 1. The lowest BCUT2D eigenvalue weighted by Gasteiger charge is -2.21. The molecule has 1 heterocycles. The topological polar surface area (TPSA) is 20.3 Å². The van der Waals surface area contributed by atoms with Gasteiger partial charge in [-0.3, -0.25) is 4.79 Å². The van der Waals surface area contributed by atoms with Crippen LogP contribution in [0.3, 0.4) is 0 Å². The minimum Gasteiger partial charge on any atom is -0.334 e. The van der Waals surface area contributed by atoms with Crippen molar-refractivity contribution < 1.29 is 4.79 Å². The first-order valence-corrected chi connectivity index (χ1v) is 8.13. The molecule has 0 fully saturated rings. The SMILES string of the molecule is O=C(c1cc(Cl)cc(Br)c1)N1CCCc2ccccc2C1. The predicted molar refractivity (Wildman–Crippen MR) is 88.7 cm³/mol. The minimum atomic E-state index is 0.0369. The second-order valence-corrected chi connectivity index (χ2v) is 6.61. The van der Waals surface area contributed by atoms with E-state index in [4.69, 9.17) is 11.6 Å². The summed E-state index contributed by atoms with van der Waals surface area (Å²) in [7, 11) is 0. The molecule has 108 valence electrons. The Morgan fingerprint density at radius 1 is 1.14 bits per heavy atom. The Kier molecular flexibility index (Phi) is 4.32. The van der Waals surface area contributed by atoms with Crippen LogP contribution in [0.4, 0.5) is 0 Å². The Morgan fingerprint density at radius 2 is 1.90 bits per heavy atom. The van der Waals surface area contributed by atoms with Crippen LogP contribution in [0, 0.1) is 0 Å². The Labute approximate surface area is 137 Å². The van der Waals surface area contributed by atoms with Crippen LogP contribution in [0.1, 0.15) is 27.9 Å². The van der Waals surface area contributed by atoms with Crippen LogP contribution in [0.5, 0.6) is 0 Å². The third kappa shape index (κ3) is 3.30. The number of rotatable bonds is 1. The van der Waals surface area contributed by atoms with Crippen molar-refractivity contribution in [3.05, 3.63) is 68.7 Å². The zero-order valence-corrected chi connectivity index (χ0v) is 13.8. The molecular formula is C17H15BrClNO. The van der Waals surface area contributed by atoms with Crippen LogP contribution >= 0.6 is 27.5 Å². The molecule has 0 bridgehead atoms. The van der Waals surface area contributed by atoms with Crippen molar-refractivity contribution in [2.45, 2.75) is 19.4 Å². The van der Waals surface area contributed by atoms with Gasteiger partial charge in [0, 0.05) is 28.1 Å². The summed E-state index contributed by atoms with van der Waals surface area (Å²) in [6.07, 6.45) is 2.02. The fourth-order valence-electron chi connectivity index (χ4n) is 2.73. The maximum atomic E-state index is 12.7. The lowest BCUT2D eigenvalue weighted by molar-refractivity contribution is 0.0746. The van der Waals surface area contributed by atoms with E-state index in [0.29, 0.717) is 17.1 Å². The summed E-state index contributed by atoms with van der Waals surface area (Å²) in [5.41, 5.74) is 3.22. The summed E-state index contributed by atoms with van der Waals surface area (Å²) in [4.78, 5) is 14.6. The standard InChI is InChI=1S/C17H15BrClNO/c18-15-8-14(9-16(19)10-15)17(21)20-7-3-6-12-4-1-2-5-13(12)11-20/h1-2,4-5,8-10H,3,6-7,11H2. The highest BCUT2D eigenvalue weighted by atomic mass is 79.9. The quantitative estimate of drug-likeness (QED) is 0.719. The first kappa shape index (κ1) is 14.6. The van der Waals surface area contributed by atoms with Crippen LogP contribution in [0.15, 0.2) is 46.9 Å². The zero-order valence-electron chi connectivity index (χ0n) is 11.5. The number of fused-ring (bicyclic) bond motifs is 1. The van der Waals surface area contributed by atoms with Gasteiger partial charge in [0.2, 0.25) is 0 Å². The molecule has 0 saturated heterocycles. The van der Waals surface area contributed by atoms with E-state index in [0.717, 1.165) is 23.9 Å². The van der Waals surface area contributed by atoms with Crippen molar-refractivity contribution in [1.82, 2.24) is 4.90 Å². The average molecular weight is 365 g/mol. The van der Waals surface area contributed by atoms with Crippen molar-refractivity contribution in [3.8, 4) is 0 Å². The molecule has 0 radical (unpaired) electrons. The summed E-state index contributed by atoms with van der Waals surface area (Å²) in [6.45, 7) is 1.44. The van der Waals surface area contributed by atoms with E-state index >= 15 is 0 Å². The molecule has 0 unspecified atom stereocenters. The summed E-state index contributed by atoms with van der Waals surface area (Å²) in [6, 6.07) is 13.7. The Morgan fingerprint density at radius 3 is 2.67 bits per heavy atom. The van der Waals surface area contributed by atoms with Gasteiger partial charge < -0.3 is 4.90 Å². The van der Waals surface area contributed by atoms with Gasteiger partial charge in [-0.25, -0.2) is 0 Å². The van der Waals surface area contributed by atoms with E-state index in [1.165, 1.54) is 11.1 Å². The normalized spacial score (nSPS) is 14.5. The molecule has 2 aromatic rings. The second kappa shape index (κ2) is 6.20. The number of nitrogens with zero attached hydrogens (tertiary/aromatic N) is 1. The first-order valence-electron chi connectivity index (χ1n) is 6.95. The molecule has 0 N–H and O–H groups in total. The third-order valence-corrected chi connectivity index (χ3v) is 4.43. The fraction of sp³-hybridized carbons (Fsp3) is 0.235. The number of carbonyl (C=O) groups is 1. The van der Waals surface area contributed by atoms with E-state index in [1.54, 1.807) is 12.1 Å². The smallest absolute Gasteiger partial charge is 0.254 e. The van der Waals surface area contributed by atoms with Gasteiger partial charge >= 0.3 is 0 Å². The Bertz CT molecular complexity index is 666. The van der Waals surface area contributed by atoms with E-state index in [2.05, 4.69) is 34.1 Å². The summed E-state index contributed by atoms with van der Waals surface area (Å²) in [5, 5.41) is 0.572. The molecule has 2 nitrogen and oxygen atoms in total. The molecule has 21 heavy (non-hydrogen) atoms. The molecule has 1 amide bonds.